The summed E-state index contributed by atoms with van der Waals surface area (Å²) in [5.41, 5.74) is 1.27. The Morgan fingerprint density at radius 2 is 2.26 bits per heavy atom. The van der Waals surface area contributed by atoms with Gasteiger partial charge in [0.05, 0.1) is 13.0 Å². The van der Waals surface area contributed by atoms with Crippen molar-refractivity contribution in [2.24, 2.45) is 0 Å². The number of hydrogen-bond acceptors (Lipinski definition) is 5. The highest BCUT2D eigenvalue weighted by atomic mass is 19.1. The van der Waals surface area contributed by atoms with Crippen LogP contribution in [0.2, 0.25) is 0 Å². The summed E-state index contributed by atoms with van der Waals surface area (Å²) in [5.74, 6) is 0.411. The molecule has 1 aromatic heterocycles. The molecule has 6 nitrogen and oxygen atoms in total. The van der Waals surface area contributed by atoms with Crippen LogP contribution in [0, 0.1) is 12.7 Å². The van der Waals surface area contributed by atoms with Crippen molar-refractivity contribution in [3.05, 3.63) is 46.9 Å². The van der Waals surface area contributed by atoms with Gasteiger partial charge in [0, 0.05) is 13.5 Å². The number of carbonyl (C=O) groups is 1. The molecular formula is C16H20FN3O3. The fourth-order valence-corrected chi connectivity index (χ4v) is 2.09. The van der Waals surface area contributed by atoms with Crippen molar-refractivity contribution in [1.82, 2.24) is 15.5 Å². The van der Waals surface area contributed by atoms with Gasteiger partial charge in [-0.3, -0.25) is 4.79 Å². The third-order valence-corrected chi connectivity index (χ3v) is 3.35. The highest BCUT2D eigenvalue weighted by Gasteiger charge is 2.17. The summed E-state index contributed by atoms with van der Waals surface area (Å²) in [6.07, 6.45) is 0.714. The van der Waals surface area contributed by atoms with Gasteiger partial charge < -0.3 is 14.6 Å². The molecule has 0 radical (unpaired) electrons. The first kappa shape index (κ1) is 17.1. The van der Waals surface area contributed by atoms with Crippen LogP contribution in [0.4, 0.5) is 4.39 Å². The van der Waals surface area contributed by atoms with E-state index in [9.17, 15) is 9.18 Å². The SMILES string of the molecule is COCCc1noc(C(C)NC(=O)Cc2ccc(F)c(C)c2)n1. The molecule has 1 atom stereocenters. The normalized spacial score (nSPS) is 12.2. The molecule has 124 valence electrons. The summed E-state index contributed by atoms with van der Waals surface area (Å²) in [7, 11) is 1.60. The summed E-state index contributed by atoms with van der Waals surface area (Å²) < 4.78 is 23.3. The van der Waals surface area contributed by atoms with E-state index in [1.807, 2.05) is 0 Å². The summed E-state index contributed by atoms with van der Waals surface area (Å²) in [4.78, 5) is 16.3. The Kier molecular flexibility index (Phi) is 5.81. The van der Waals surface area contributed by atoms with Gasteiger partial charge in [-0.1, -0.05) is 17.3 Å². The van der Waals surface area contributed by atoms with E-state index in [4.69, 9.17) is 9.26 Å². The monoisotopic (exact) mass is 321 g/mol. The van der Waals surface area contributed by atoms with Crippen molar-refractivity contribution in [3.63, 3.8) is 0 Å². The largest absolute Gasteiger partial charge is 0.384 e. The second kappa shape index (κ2) is 7.82. The fraction of sp³-hybridized carbons (Fsp3) is 0.438. The van der Waals surface area contributed by atoms with E-state index < -0.39 is 6.04 Å². The molecule has 0 aliphatic heterocycles. The third kappa shape index (κ3) is 4.85. The molecule has 2 aromatic rings. The number of carbonyl (C=O) groups excluding carboxylic acids is 1. The van der Waals surface area contributed by atoms with Crippen LogP contribution in [-0.4, -0.2) is 29.8 Å². The number of methoxy groups -OCH3 is 1. The molecule has 0 saturated carbocycles. The Bertz CT molecular complexity index is 672. The van der Waals surface area contributed by atoms with Crippen LogP contribution in [0.1, 0.15) is 35.8 Å². The van der Waals surface area contributed by atoms with E-state index in [0.717, 1.165) is 5.56 Å². The molecule has 2 rings (SSSR count). The average molecular weight is 321 g/mol. The predicted molar refractivity (Wildman–Crippen MR) is 81.3 cm³/mol. The second-order valence-corrected chi connectivity index (χ2v) is 5.34. The lowest BCUT2D eigenvalue weighted by atomic mass is 10.1. The lowest BCUT2D eigenvalue weighted by molar-refractivity contribution is -0.121. The van der Waals surface area contributed by atoms with E-state index in [-0.39, 0.29) is 18.1 Å². The van der Waals surface area contributed by atoms with E-state index in [1.165, 1.54) is 6.07 Å². The first-order chi connectivity index (χ1) is 11.0. The van der Waals surface area contributed by atoms with Crippen molar-refractivity contribution >= 4 is 5.91 Å². The minimum Gasteiger partial charge on any atom is -0.384 e. The summed E-state index contributed by atoms with van der Waals surface area (Å²) in [6.45, 7) is 3.93. The number of nitrogens with zero attached hydrogens (tertiary/aromatic N) is 2. The number of aromatic nitrogens is 2. The van der Waals surface area contributed by atoms with Crippen LogP contribution in [-0.2, 0) is 22.4 Å². The van der Waals surface area contributed by atoms with E-state index in [2.05, 4.69) is 15.5 Å². The highest BCUT2D eigenvalue weighted by molar-refractivity contribution is 5.78. The Hall–Kier alpha value is -2.28. The maximum Gasteiger partial charge on any atom is 0.248 e. The number of halogens is 1. The maximum atomic E-state index is 13.2. The maximum absolute atomic E-state index is 13.2. The van der Waals surface area contributed by atoms with Gasteiger partial charge >= 0.3 is 0 Å². The lowest BCUT2D eigenvalue weighted by Crippen LogP contribution is -2.28. The van der Waals surface area contributed by atoms with E-state index in [1.54, 1.807) is 33.1 Å². The summed E-state index contributed by atoms with van der Waals surface area (Å²) >= 11 is 0. The topological polar surface area (TPSA) is 77.3 Å². The lowest BCUT2D eigenvalue weighted by Gasteiger charge is -2.10. The Balaban J connectivity index is 1.91. The van der Waals surface area contributed by atoms with E-state index in [0.29, 0.717) is 30.3 Å². The summed E-state index contributed by atoms with van der Waals surface area (Å²) in [5, 5.41) is 6.62. The molecule has 0 fully saturated rings. The summed E-state index contributed by atoms with van der Waals surface area (Å²) in [6, 6.07) is 4.23. The van der Waals surface area contributed by atoms with Crippen LogP contribution in [0.25, 0.3) is 0 Å². The van der Waals surface area contributed by atoms with Gasteiger partial charge in [-0.2, -0.15) is 4.98 Å². The zero-order valence-corrected chi connectivity index (χ0v) is 13.4. The Morgan fingerprint density at radius 1 is 1.48 bits per heavy atom. The molecule has 1 amide bonds. The highest BCUT2D eigenvalue weighted by Crippen LogP contribution is 2.12. The molecule has 0 bridgehead atoms. The van der Waals surface area contributed by atoms with Gasteiger partial charge in [0.25, 0.3) is 0 Å². The standard InChI is InChI=1S/C16H20FN3O3/c1-10-8-12(4-5-13(10)17)9-15(21)18-11(2)16-19-14(20-23-16)6-7-22-3/h4-5,8,11H,6-7,9H2,1-3H3,(H,18,21). The van der Waals surface area contributed by atoms with Crippen molar-refractivity contribution in [2.75, 3.05) is 13.7 Å². The van der Waals surface area contributed by atoms with Gasteiger partial charge in [-0.05, 0) is 31.0 Å². The van der Waals surface area contributed by atoms with Crippen molar-refractivity contribution in [2.45, 2.75) is 32.7 Å². The number of hydrogen-bond donors (Lipinski definition) is 1. The quantitative estimate of drug-likeness (QED) is 0.845. The van der Waals surface area contributed by atoms with Crippen molar-refractivity contribution in [3.8, 4) is 0 Å². The smallest absolute Gasteiger partial charge is 0.248 e. The number of benzene rings is 1. The molecular weight excluding hydrogens is 301 g/mol. The molecule has 0 aliphatic carbocycles. The molecule has 0 saturated heterocycles. The van der Waals surface area contributed by atoms with Crippen molar-refractivity contribution in [1.29, 1.82) is 0 Å². The molecule has 7 heteroatoms. The second-order valence-electron chi connectivity index (χ2n) is 5.34. The van der Waals surface area contributed by atoms with Gasteiger partial charge in [0.1, 0.15) is 11.9 Å². The van der Waals surface area contributed by atoms with Gasteiger partial charge in [0.15, 0.2) is 5.82 Å². The third-order valence-electron chi connectivity index (χ3n) is 3.35. The molecule has 0 spiro atoms. The Labute approximate surface area is 134 Å². The number of nitrogens with one attached hydrogen (secondary N) is 1. The zero-order chi connectivity index (χ0) is 16.8. The zero-order valence-electron chi connectivity index (χ0n) is 13.4. The minimum absolute atomic E-state index is 0.163. The number of amides is 1. The molecule has 23 heavy (non-hydrogen) atoms. The van der Waals surface area contributed by atoms with Crippen LogP contribution in [0.3, 0.4) is 0 Å². The predicted octanol–water partition coefficient (Wildman–Crippen LogP) is 2.13. The van der Waals surface area contributed by atoms with Crippen LogP contribution in [0.5, 0.6) is 0 Å². The van der Waals surface area contributed by atoms with Gasteiger partial charge in [-0.25, -0.2) is 4.39 Å². The average Bonchev–Trinajstić information content (AvgIpc) is 2.98. The van der Waals surface area contributed by atoms with Crippen molar-refractivity contribution < 1.29 is 18.4 Å². The molecule has 1 N–H and O–H groups in total. The van der Waals surface area contributed by atoms with Crippen LogP contribution < -0.4 is 5.32 Å². The molecule has 1 aromatic carbocycles. The van der Waals surface area contributed by atoms with E-state index >= 15 is 0 Å². The molecule has 0 aliphatic rings. The first-order valence-electron chi connectivity index (χ1n) is 7.35. The van der Waals surface area contributed by atoms with Crippen LogP contribution >= 0.6 is 0 Å². The first-order valence-corrected chi connectivity index (χ1v) is 7.35. The van der Waals surface area contributed by atoms with Crippen LogP contribution in [0.15, 0.2) is 22.7 Å². The number of rotatable bonds is 7. The number of aryl methyl sites for hydroxylation is 1. The fourth-order valence-electron chi connectivity index (χ4n) is 2.09. The van der Waals surface area contributed by atoms with Gasteiger partial charge in [0.2, 0.25) is 11.8 Å². The Morgan fingerprint density at radius 3 is 2.96 bits per heavy atom. The van der Waals surface area contributed by atoms with Gasteiger partial charge in [-0.15, -0.1) is 0 Å². The molecule has 1 unspecified atom stereocenters. The number of ether oxygens (including phenoxy) is 1. The minimum atomic E-state index is -0.396. The molecule has 1 heterocycles.